The minimum absolute atomic E-state index is 0.0579. The smallest absolute Gasteiger partial charge is 0.305 e. The Morgan fingerprint density at radius 1 is 1.35 bits per heavy atom. The fourth-order valence-corrected chi connectivity index (χ4v) is 2.97. The van der Waals surface area contributed by atoms with E-state index in [4.69, 9.17) is 0 Å². The summed E-state index contributed by atoms with van der Waals surface area (Å²) in [4.78, 5) is 10.9. The zero-order valence-electron chi connectivity index (χ0n) is 11.4. The van der Waals surface area contributed by atoms with Gasteiger partial charge in [-0.1, -0.05) is 12.1 Å². The molecule has 0 amide bonds. The van der Waals surface area contributed by atoms with E-state index < -0.39 is 22.0 Å². The Morgan fingerprint density at radius 3 is 2.50 bits per heavy atom. The summed E-state index contributed by atoms with van der Waals surface area (Å²) in [6, 6.07) is 5.14. The highest BCUT2D eigenvalue weighted by Gasteiger charge is 2.16. The first-order valence-corrected chi connectivity index (χ1v) is 7.81. The van der Waals surface area contributed by atoms with E-state index in [2.05, 4.69) is 9.46 Å². The maximum atomic E-state index is 12.8. The molecule has 1 aromatic carbocycles. The lowest BCUT2D eigenvalue weighted by atomic mass is 10.1. The van der Waals surface area contributed by atoms with Crippen molar-refractivity contribution in [1.82, 2.24) is 4.72 Å². The Bertz CT molecular complexity index is 542. The van der Waals surface area contributed by atoms with Crippen LogP contribution < -0.4 is 4.72 Å². The summed E-state index contributed by atoms with van der Waals surface area (Å²) in [5, 5.41) is 0. The molecule has 1 atom stereocenters. The molecule has 0 bridgehead atoms. The largest absolute Gasteiger partial charge is 0.469 e. The fraction of sp³-hybridized carbons (Fsp3) is 0.462. The molecule has 0 aliphatic rings. The molecule has 1 aromatic rings. The minimum Gasteiger partial charge on any atom is -0.469 e. The fourth-order valence-electron chi connectivity index (χ4n) is 1.66. The summed E-state index contributed by atoms with van der Waals surface area (Å²) in [6.45, 7) is 1.67. The van der Waals surface area contributed by atoms with E-state index in [9.17, 15) is 17.6 Å². The molecule has 20 heavy (non-hydrogen) atoms. The summed E-state index contributed by atoms with van der Waals surface area (Å²) in [5.74, 6) is -0.971. The second kappa shape index (κ2) is 7.35. The van der Waals surface area contributed by atoms with Crippen LogP contribution in [-0.2, 0) is 19.6 Å². The Balaban J connectivity index is 2.53. The molecule has 1 rings (SSSR count). The minimum atomic E-state index is -3.49. The Kier molecular flexibility index (Phi) is 6.09. The lowest BCUT2D eigenvalue weighted by Crippen LogP contribution is -2.29. The highest BCUT2D eigenvalue weighted by Crippen LogP contribution is 2.14. The molecule has 0 aromatic heterocycles. The third kappa shape index (κ3) is 5.66. The lowest BCUT2D eigenvalue weighted by molar-refractivity contribution is -0.140. The van der Waals surface area contributed by atoms with Crippen LogP contribution in [0.5, 0.6) is 0 Å². The monoisotopic (exact) mass is 303 g/mol. The average Bonchev–Trinajstić information content (AvgIpc) is 2.38. The molecule has 0 saturated heterocycles. The Hall–Kier alpha value is -1.47. The number of carbonyl (C=O) groups excluding carboxylic acids is 1. The number of sulfonamides is 1. The van der Waals surface area contributed by atoms with Gasteiger partial charge in [0.25, 0.3) is 0 Å². The predicted octanol–water partition coefficient (Wildman–Crippen LogP) is 1.76. The van der Waals surface area contributed by atoms with Crippen LogP contribution in [0.1, 0.15) is 31.4 Å². The van der Waals surface area contributed by atoms with Crippen molar-refractivity contribution in [3.8, 4) is 0 Å². The van der Waals surface area contributed by atoms with Gasteiger partial charge in [-0.3, -0.25) is 4.79 Å². The molecule has 0 saturated carbocycles. The maximum absolute atomic E-state index is 12.8. The van der Waals surface area contributed by atoms with Crippen LogP contribution in [0.3, 0.4) is 0 Å². The molecule has 0 fully saturated rings. The van der Waals surface area contributed by atoms with Crippen LogP contribution in [0, 0.1) is 5.82 Å². The summed E-state index contributed by atoms with van der Waals surface area (Å²) in [6.07, 6.45) is 0.250. The number of ether oxygens (including phenoxy) is 1. The quantitative estimate of drug-likeness (QED) is 0.779. The third-order valence-electron chi connectivity index (χ3n) is 2.75. The van der Waals surface area contributed by atoms with Gasteiger partial charge in [0, 0.05) is 12.5 Å². The van der Waals surface area contributed by atoms with Crippen LogP contribution in [-0.4, -0.2) is 27.2 Å². The van der Waals surface area contributed by atoms with Gasteiger partial charge in [0.05, 0.1) is 12.9 Å². The number of nitrogens with one attached hydrogen (secondary N) is 1. The molecular formula is C13H18FNO4S. The molecule has 7 heteroatoms. The van der Waals surface area contributed by atoms with Crippen molar-refractivity contribution in [1.29, 1.82) is 0 Å². The van der Waals surface area contributed by atoms with E-state index in [1.807, 2.05) is 0 Å². The molecule has 0 radical (unpaired) electrons. The molecule has 0 aliphatic carbocycles. The summed E-state index contributed by atoms with van der Waals surface area (Å²) in [7, 11) is -2.24. The molecule has 1 unspecified atom stereocenters. The van der Waals surface area contributed by atoms with Crippen molar-refractivity contribution in [3.05, 3.63) is 35.6 Å². The van der Waals surface area contributed by atoms with Gasteiger partial charge in [0.2, 0.25) is 10.0 Å². The van der Waals surface area contributed by atoms with Gasteiger partial charge < -0.3 is 4.74 Å². The molecule has 0 heterocycles. The van der Waals surface area contributed by atoms with Gasteiger partial charge in [0.1, 0.15) is 5.82 Å². The van der Waals surface area contributed by atoms with E-state index in [0.717, 1.165) is 0 Å². The van der Waals surface area contributed by atoms with Gasteiger partial charge in [-0.15, -0.1) is 0 Å². The highest BCUT2D eigenvalue weighted by molar-refractivity contribution is 7.89. The van der Waals surface area contributed by atoms with Crippen LogP contribution in [0.2, 0.25) is 0 Å². The van der Waals surface area contributed by atoms with Gasteiger partial charge in [-0.05, 0) is 31.0 Å². The Labute approximate surface area is 118 Å². The van der Waals surface area contributed by atoms with Gasteiger partial charge in [-0.2, -0.15) is 0 Å². The van der Waals surface area contributed by atoms with E-state index in [0.29, 0.717) is 5.56 Å². The first-order valence-electron chi connectivity index (χ1n) is 6.16. The molecule has 0 aliphatic heterocycles. The summed E-state index contributed by atoms with van der Waals surface area (Å²) < 4.78 is 43.3. The number of esters is 1. The molecule has 1 N–H and O–H groups in total. The van der Waals surface area contributed by atoms with Crippen LogP contribution >= 0.6 is 0 Å². The Morgan fingerprint density at radius 2 is 1.95 bits per heavy atom. The SMILES string of the molecule is COC(=O)CCCS(=O)(=O)NC(C)c1ccc(F)cc1. The van der Waals surface area contributed by atoms with Gasteiger partial charge in [-0.25, -0.2) is 17.5 Å². The molecule has 112 valence electrons. The number of hydrogen-bond acceptors (Lipinski definition) is 4. The van der Waals surface area contributed by atoms with Crippen molar-refractivity contribution < 1.29 is 22.3 Å². The van der Waals surface area contributed by atoms with Gasteiger partial charge >= 0.3 is 5.97 Å². The van der Waals surface area contributed by atoms with Crippen molar-refractivity contribution in [2.24, 2.45) is 0 Å². The number of benzene rings is 1. The van der Waals surface area contributed by atoms with Crippen LogP contribution in [0.25, 0.3) is 0 Å². The van der Waals surface area contributed by atoms with E-state index in [1.165, 1.54) is 31.4 Å². The number of halogens is 1. The summed E-state index contributed by atoms with van der Waals surface area (Å²) >= 11 is 0. The predicted molar refractivity (Wildman–Crippen MR) is 73.0 cm³/mol. The van der Waals surface area contributed by atoms with Crippen LogP contribution in [0.4, 0.5) is 4.39 Å². The first-order chi connectivity index (χ1) is 9.34. The number of carbonyl (C=O) groups is 1. The number of methoxy groups -OCH3 is 1. The first kappa shape index (κ1) is 16.6. The maximum Gasteiger partial charge on any atom is 0.305 e. The highest BCUT2D eigenvalue weighted by atomic mass is 32.2. The number of rotatable bonds is 7. The van der Waals surface area contributed by atoms with Crippen molar-refractivity contribution in [3.63, 3.8) is 0 Å². The second-order valence-electron chi connectivity index (χ2n) is 4.39. The van der Waals surface area contributed by atoms with Crippen molar-refractivity contribution in [2.75, 3.05) is 12.9 Å². The van der Waals surface area contributed by atoms with E-state index in [-0.39, 0.29) is 24.4 Å². The van der Waals surface area contributed by atoms with Crippen molar-refractivity contribution >= 4 is 16.0 Å². The normalized spacial score (nSPS) is 12.9. The van der Waals surface area contributed by atoms with Gasteiger partial charge in [0.15, 0.2) is 0 Å². The standard InChI is InChI=1S/C13H18FNO4S/c1-10(11-5-7-12(14)8-6-11)15-20(17,18)9-3-4-13(16)19-2/h5-8,10,15H,3-4,9H2,1-2H3. The van der Waals surface area contributed by atoms with Crippen LogP contribution in [0.15, 0.2) is 24.3 Å². The molecular weight excluding hydrogens is 285 g/mol. The summed E-state index contributed by atoms with van der Waals surface area (Å²) in [5.41, 5.74) is 0.669. The topological polar surface area (TPSA) is 72.5 Å². The number of hydrogen-bond donors (Lipinski definition) is 1. The lowest BCUT2D eigenvalue weighted by Gasteiger charge is -2.14. The third-order valence-corrected chi connectivity index (χ3v) is 4.29. The second-order valence-corrected chi connectivity index (χ2v) is 6.26. The van der Waals surface area contributed by atoms with E-state index in [1.54, 1.807) is 6.92 Å². The zero-order valence-corrected chi connectivity index (χ0v) is 12.2. The zero-order chi connectivity index (χ0) is 15.2. The van der Waals surface area contributed by atoms with Crippen molar-refractivity contribution in [2.45, 2.75) is 25.8 Å². The average molecular weight is 303 g/mol. The van der Waals surface area contributed by atoms with E-state index >= 15 is 0 Å². The molecule has 0 spiro atoms. The molecule has 5 nitrogen and oxygen atoms in total.